The zero-order valence-electron chi connectivity index (χ0n) is 65.1. The molecular formula is C91H154NO8P. The summed E-state index contributed by atoms with van der Waals surface area (Å²) in [5.41, 5.74) is 5.42. The number of allylic oxidation sites excluding steroid dienone is 28. The first kappa shape index (κ1) is 96.4. The van der Waals surface area contributed by atoms with E-state index in [0.717, 1.165) is 135 Å². The van der Waals surface area contributed by atoms with Gasteiger partial charge in [-0.1, -0.05) is 389 Å². The summed E-state index contributed by atoms with van der Waals surface area (Å²) >= 11 is 0. The summed E-state index contributed by atoms with van der Waals surface area (Å²) in [6, 6.07) is 0. The molecule has 0 radical (unpaired) electrons. The van der Waals surface area contributed by atoms with E-state index in [2.05, 4.69) is 184 Å². The quantitative estimate of drug-likeness (QED) is 0.0264. The van der Waals surface area contributed by atoms with Crippen LogP contribution in [-0.4, -0.2) is 49.3 Å². The largest absolute Gasteiger partial charge is 0.472 e. The van der Waals surface area contributed by atoms with Gasteiger partial charge in [0.15, 0.2) is 6.10 Å². The molecule has 0 bridgehead atoms. The van der Waals surface area contributed by atoms with Crippen LogP contribution >= 0.6 is 7.82 Å². The Hall–Kier alpha value is -4.63. The predicted molar refractivity (Wildman–Crippen MR) is 440 cm³/mol. The van der Waals surface area contributed by atoms with Gasteiger partial charge in [0.25, 0.3) is 0 Å². The normalized spacial score (nSPS) is 13.7. The molecule has 0 saturated carbocycles. The number of phosphoric acid groups is 1. The van der Waals surface area contributed by atoms with Crippen LogP contribution in [0.5, 0.6) is 0 Å². The van der Waals surface area contributed by atoms with Gasteiger partial charge in [0.05, 0.1) is 13.2 Å². The molecule has 0 aromatic carbocycles. The van der Waals surface area contributed by atoms with Crippen molar-refractivity contribution in [2.45, 2.75) is 367 Å². The average Bonchev–Trinajstić information content (AvgIpc) is 1.01. The monoisotopic (exact) mass is 1420 g/mol. The Balaban J connectivity index is 3.84. The van der Waals surface area contributed by atoms with Crippen LogP contribution in [0.4, 0.5) is 0 Å². The van der Waals surface area contributed by atoms with Crippen molar-refractivity contribution >= 4 is 19.8 Å². The summed E-state index contributed by atoms with van der Waals surface area (Å²) < 4.78 is 33.3. The molecule has 0 spiro atoms. The van der Waals surface area contributed by atoms with E-state index in [1.165, 1.54) is 193 Å². The van der Waals surface area contributed by atoms with Gasteiger partial charge in [0, 0.05) is 19.4 Å². The zero-order chi connectivity index (χ0) is 72.9. The number of hydrogen-bond acceptors (Lipinski definition) is 8. The molecule has 0 heterocycles. The second kappa shape index (κ2) is 84.3. The minimum absolute atomic E-state index is 0.0464. The highest BCUT2D eigenvalue weighted by Crippen LogP contribution is 2.43. The van der Waals surface area contributed by atoms with Crippen molar-refractivity contribution in [3.8, 4) is 0 Å². The van der Waals surface area contributed by atoms with Crippen molar-refractivity contribution in [2.75, 3.05) is 26.4 Å². The van der Waals surface area contributed by atoms with E-state index in [0.29, 0.717) is 6.42 Å². The summed E-state index contributed by atoms with van der Waals surface area (Å²) in [6.07, 6.45) is 125. The van der Waals surface area contributed by atoms with Crippen LogP contribution in [0.15, 0.2) is 170 Å². The van der Waals surface area contributed by atoms with Crippen molar-refractivity contribution in [3.05, 3.63) is 170 Å². The van der Waals surface area contributed by atoms with E-state index in [-0.39, 0.29) is 38.6 Å². The van der Waals surface area contributed by atoms with Crippen LogP contribution in [0.25, 0.3) is 0 Å². The van der Waals surface area contributed by atoms with E-state index in [9.17, 15) is 19.0 Å². The zero-order valence-corrected chi connectivity index (χ0v) is 66.0. The fourth-order valence-corrected chi connectivity index (χ4v) is 12.3. The van der Waals surface area contributed by atoms with Gasteiger partial charge in [0.2, 0.25) is 0 Å². The van der Waals surface area contributed by atoms with Crippen molar-refractivity contribution in [2.24, 2.45) is 5.73 Å². The van der Waals surface area contributed by atoms with Gasteiger partial charge in [-0.3, -0.25) is 18.6 Å². The number of unbranched alkanes of at least 4 members (excludes halogenated alkanes) is 36. The minimum Gasteiger partial charge on any atom is -0.462 e. The average molecular weight is 1420 g/mol. The Bertz CT molecular complexity index is 2280. The van der Waals surface area contributed by atoms with Gasteiger partial charge in [-0.05, 0) is 128 Å². The third-order valence-corrected chi connectivity index (χ3v) is 18.6. The molecule has 3 N–H and O–H groups in total. The molecule has 0 aliphatic heterocycles. The van der Waals surface area contributed by atoms with E-state index >= 15 is 0 Å². The standard InChI is InChI=1S/C91H154NO8P/c1-3-5-7-9-11-13-15-17-19-21-23-25-27-29-31-33-35-37-39-41-43-44-46-47-49-51-53-55-57-59-61-63-65-67-69-71-73-75-77-79-81-83-90(93)97-87-89(88-99-101(95,96)98-86-85-92)100-91(94)84-82-80-78-76-74-72-70-68-66-64-62-60-58-56-54-52-50-48-45-42-40-38-36-34-32-30-28-26-24-22-20-18-16-14-12-10-8-6-4-2/h5-8,11-14,17-20,23-26,30,32,36,38,42,45,50,52,56,58,62,64,89H,3-4,9-10,15-16,21-22,27-29,31,33-35,37,39-41,43-44,46-49,51,53-55,57,59-61,63,65-88,92H2,1-2H3,(H,95,96)/b7-5-,8-6-,13-11-,14-12-,19-17-,20-18-,25-23-,26-24-,32-30-,38-36-,45-42-,52-50-,58-56-,64-62-. The molecule has 0 saturated heterocycles. The first-order chi connectivity index (χ1) is 49.8. The van der Waals surface area contributed by atoms with Gasteiger partial charge >= 0.3 is 19.8 Å². The molecule has 9 nitrogen and oxygen atoms in total. The maximum Gasteiger partial charge on any atom is 0.472 e. The first-order valence-corrected chi connectivity index (χ1v) is 43.1. The molecule has 2 atom stereocenters. The molecule has 0 aliphatic rings. The van der Waals surface area contributed by atoms with E-state index in [4.69, 9.17) is 24.3 Å². The molecule has 0 rings (SSSR count). The Labute approximate surface area is 622 Å². The molecule has 576 valence electrons. The van der Waals surface area contributed by atoms with Gasteiger partial charge in [0.1, 0.15) is 6.61 Å². The van der Waals surface area contributed by atoms with E-state index < -0.39 is 26.5 Å². The Morgan fingerprint density at radius 1 is 0.297 bits per heavy atom. The number of phosphoric ester groups is 1. The molecule has 0 fully saturated rings. The third-order valence-electron chi connectivity index (χ3n) is 17.6. The van der Waals surface area contributed by atoms with Crippen LogP contribution in [0, 0.1) is 0 Å². The van der Waals surface area contributed by atoms with Crippen LogP contribution < -0.4 is 5.73 Å². The topological polar surface area (TPSA) is 134 Å². The highest BCUT2D eigenvalue weighted by molar-refractivity contribution is 7.47. The maximum absolute atomic E-state index is 12.8. The summed E-state index contributed by atoms with van der Waals surface area (Å²) in [5, 5.41) is 0. The van der Waals surface area contributed by atoms with Gasteiger partial charge in [-0.15, -0.1) is 0 Å². The van der Waals surface area contributed by atoms with Crippen molar-refractivity contribution < 1.29 is 37.6 Å². The number of esters is 2. The van der Waals surface area contributed by atoms with E-state index in [1.54, 1.807) is 0 Å². The fraction of sp³-hybridized carbons (Fsp3) is 0.670. The Kier molecular flexibility index (Phi) is 80.4. The highest BCUT2D eigenvalue weighted by Gasteiger charge is 2.26. The minimum atomic E-state index is -4.41. The summed E-state index contributed by atoms with van der Waals surface area (Å²) in [5.74, 6) is -0.832. The summed E-state index contributed by atoms with van der Waals surface area (Å²) in [7, 11) is -4.41. The second-order valence-electron chi connectivity index (χ2n) is 27.2. The highest BCUT2D eigenvalue weighted by atomic mass is 31.2. The molecule has 2 unspecified atom stereocenters. The molecule has 0 aliphatic carbocycles. The van der Waals surface area contributed by atoms with Crippen LogP contribution in [0.2, 0.25) is 0 Å². The molecule has 0 amide bonds. The lowest BCUT2D eigenvalue weighted by Crippen LogP contribution is -2.29. The lowest BCUT2D eigenvalue weighted by molar-refractivity contribution is -0.161. The lowest BCUT2D eigenvalue weighted by atomic mass is 10.0. The van der Waals surface area contributed by atoms with Gasteiger partial charge in [-0.25, -0.2) is 4.57 Å². The number of nitrogens with two attached hydrogens (primary N) is 1. The Morgan fingerprint density at radius 3 is 0.762 bits per heavy atom. The number of ether oxygens (including phenoxy) is 2. The number of carbonyl (C=O) groups excluding carboxylic acids is 2. The fourth-order valence-electron chi connectivity index (χ4n) is 11.5. The number of rotatable bonds is 77. The van der Waals surface area contributed by atoms with Crippen LogP contribution in [0.1, 0.15) is 361 Å². The van der Waals surface area contributed by atoms with Gasteiger partial charge in [-0.2, -0.15) is 0 Å². The van der Waals surface area contributed by atoms with Crippen molar-refractivity contribution in [1.29, 1.82) is 0 Å². The smallest absolute Gasteiger partial charge is 0.462 e. The van der Waals surface area contributed by atoms with Crippen molar-refractivity contribution in [1.82, 2.24) is 0 Å². The number of carbonyl (C=O) groups is 2. The predicted octanol–water partition coefficient (Wildman–Crippen LogP) is 28.4. The third kappa shape index (κ3) is 84.2. The summed E-state index contributed by atoms with van der Waals surface area (Å²) in [6.45, 7) is 3.53. The first-order valence-electron chi connectivity index (χ1n) is 41.6. The molecular weight excluding hydrogens is 1270 g/mol. The van der Waals surface area contributed by atoms with Crippen LogP contribution in [0.3, 0.4) is 0 Å². The number of hydrogen-bond donors (Lipinski definition) is 2. The second-order valence-corrected chi connectivity index (χ2v) is 28.7. The lowest BCUT2D eigenvalue weighted by Gasteiger charge is -2.19. The van der Waals surface area contributed by atoms with Gasteiger partial charge < -0.3 is 20.1 Å². The van der Waals surface area contributed by atoms with Crippen LogP contribution in [-0.2, 0) is 32.7 Å². The maximum atomic E-state index is 12.8. The summed E-state index contributed by atoms with van der Waals surface area (Å²) in [4.78, 5) is 35.5. The Morgan fingerprint density at radius 2 is 0.515 bits per heavy atom. The SMILES string of the molecule is CC/C=C\C/C=C\C/C=C\C/C=C\C/C=C\C/C=C\C/C=C\C/C=C\C/C=C\C/C=C\CCCCCCCCCCC(=O)OC(COC(=O)CCCCCCCCCCCCCCCCCCCCCCCCCCCCCC/C=C\C/C=C\C/C=C\C/C=C\CC)COP(=O)(O)OCCN. The molecule has 10 heteroatoms. The molecule has 101 heavy (non-hydrogen) atoms. The molecule has 0 aromatic rings. The van der Waals surface area contributed by atoms with Crippen molar-refractivity contribution in [3.63, 3.8) is 0 Å². The molecule has 0 aromatic heterocycles. The van der Waals surface area contributed by atoms with E-state index in [1.807, 2.05) is 0 Å².